The van der Waals surface area contributed by atoms with Gasteiger partial charge in [-0.1, -0.05) is 44.0 Å². The Kier molecular flexibility index (Phi) is 6.99. The Balaban J connectivity index is 2.53. The molecule has 0 radical (unpaired) electrons. The predicted octanol–water partition coefficient (Wildman–Crippen LogP) is 4.43. The molecule has 0 aliphatic heterocycles. The van der Waals surface area contributed by atoms with Crippen molar-refractivity contribution in [3.8, 4) is 5.75 Å². The molecular formula is C15H22Cl2O4S. The Hall–Kier alpha value is -0.490. The van der Waals surface area contributed by atoms with Gasteiger partial charge in [-0.15, -0.1) is 0 Å². The summed E-state index contributed by atoms with van der Waals surface area (Å²) in [7, 11) is -3.38. The number of benzene rings is 1. The number of hydrogen-bond donors (Lipinski definition) is 0. The summed E-state index contributed by atoms with van der Waals surface area (Å²) >= 11 is 12.5. The summed E-state index contributed by atoms with van der Waals surface area (Å²) in [6, 6.07) is 3.71. The van der Waals surface area contributed by atoms with Crippen LogP contribution in [0, 0.1) is 0 Å². The van der Waals surface area contributed by atoms with Crippen molar-refractivity contribution >= 4 is 33.3 Å². The van der Waals surface area contributed by atoms with E-state index in [1.165, 1.54) is 0 Å². The zero-order chi connectivity index (χ0) is 17.0. The Morgan fingerprint density at radius 1 is 1.05 bits per heavy atom. The molecule has 0 heterocycles. The monoisotopic (exact) mass is 368 g/mol. The van der Waals surface area contributed by atoms with E-state index in [1.807, 2.05) is 12.1 Å². The molecule has 0 saturated heterocycles. The first kappa shape index (κ1) is 19.6. The summed E-state index contributed by atoms with van der Waals surface area (Å²) in [5.41, 5.74) is 0.992. The number of rotatable bonds is 7. The van der Waals surface area contributed by atoms with Gasteiger partial charge in [0.2, 0.25) is 0 Å². The van der Waals surface area contributed by atoms with Gasteiger partial charge in [0.05, 0.1) is 29.5 Å². The van der Waals surface area contributed by atoms with Crippen molar-refractivity contribution in [3.63, 3.8) is 0 Å². The third-order valence-electron chi connectivity index (χ3n) is 2.95. The molecule has 126 valence electrons. The van der Waals surface area contributed by atoms with E-state index in [9.17, 15) is 8.42 Å². The molecule has 0 aromatic heterocycles. The van der Waals surface area contributed by atoms with Gasteiger partial charge in [0.15, 0.2) is 5.75 Å². The molecule has 0 N–H and O–H groups in total. The molecule has 7 heteroatoms. The minimum absolute atomic E-state index is 0.0468. The number of halogens is 2. The fourth-order valence-corrected chi connectivity index (χ4v) is 2.74. The van der Waals surface area contributed by atoms with Crippen molar-refractivity contribution < 1.29 is 17.3 Å². The van der Waals surface area contributed by atoms with Gasteiger partial charge in [0, 0.05) is 0 Å². The second kappa shape index (κ2) is 7.86. The third kappa shape index (κ3) is 6.73. The normalized spacial score (nSPS) is 12.5. The van der Waals surface area contributed by atoms with Gasteiger partial charge in [0.1, 0.15) is 0 Å². The molecule has 0 atom stereocenters. The van der Waals surface area contributed by atoms with Crippen molar-refractivity contribution in [1.29, 1.82) is 0 Å². The van der Waals surface area contributed by atoms with Gasteiger partial charge in [0.25, 0.3) is 10.1 Å². The van der Waals surface area contributed by atoms with E-state index < -0.39 is 10.1 Å². The zero-order valence-corrected chi connectivity index (χ0v) is 15.6. The molecule has 4 nitrogen and oxygen atoms in total. The molecule has 0 spiro atoms. The highest BCUT2D eigenvalue weighted by Gasteiger charge is 2.18. The minimum atomic E-state index is -3.38. The molecule has 0 aliphatic carbocycles. The van der Waals surface area contributed by atoms with E-state index >= 15 is 0 Å². The van der Waals surface area contributed by atoms with Crippen LogP contribution in [0.2, 0.25) is 10.0 Å². The van der Waals surface area contributed by atoms with Crippen LogP contribution < -0.4 is 4.74 Å². The Morgan fingerprint density at radius 3 is 2.00 bits per heavy atom. The number of ether oxygens (including phenoxy) is 1. The largest absolute Gasteiger partial charge is 0.490 e. The number of unbranched alkanes of at least 4 members (excludes halogenated alkanes) is 1. The Bertz CT molecular complexity index is 583. The molecular weight excluding hydrogens is 347 g/mol. The molecule has 0 saturated carbocycles. The van der Waals surface area contributed by atoms with Gasteiger partial charge in [-0.25, -0.2) is 0 Å². The van der Waals surface area contributed by atoms with Crippen LogP contribution in [0.25, 0.3) is 0 Å². The maximum absolute atomic E-state index is 10.8. The van der Waals surface area contributed by atoms with Crippen LogP contribution in [0.15, 0.2) is 12.1 Å². The van der Waals surface area contributed by atoms with E-state index in [2.05, 4.69) is 25.0 Å². The smallest absolute Gasteiger partial charge is 0.264 e. The first-order chi connectivity index (χ1) is 10.0. The summed E-state index contributed by atoms with van der Waals surface area (Å²) < 4.78 is 31.8. The molecule has 1 aromatic rings. The topological polar surface area (TPSA) is 52.6 Å². The third-order valence-corrected chi connectivity index (χ3v) is 4.10. The van der Waals surface area contributed by atoms with Crippen molar-refractivity contribution in [2.24, 2.45) is 0 Å². The Morgan fingerprint density at radius 2 is 1.55 bits per heavy atom. The fourth-order valence-electron chi connectivity index (χ4n) is 1.72. The molecule has 22 heavy (non-hydrogen) atoms. The number of hydrogen-bond acceptors (Lipinski definition) is 4. The van der Waals surface area contributed by atoms with Gasteiger partial charge >= 0.3 is 0 Å². The lowest BCUT2D eigenvalue weighted by molar-refractivity contribution is 0.270. The highest BCUT2D eigenvalue weighted by atomic mass is 35.5. The second-order valence-corrected chi connectivity index (χ2v) is 8.56. The summed E-state index contributed by atoms with van der Waals surface area (Å²) in [6.07, 6.45) is 2.24. The van der Waals surface area contributed by atoms with Crippen LogP contribution in [0.5, 0.6) is 5.75 Å². The van der Waals surface area contributed by atoms with Crippen LogP contribution in [0.1, 0.15) is 39.2 Å². The molecule has 1 rings (SSSR count). The maximum atomic E-state index is 10.8. The van der Waals surface area contributed by atoms with E-state index in [1.54, 1.807) is 0 Å². The molecule has 0 aliphatic rings. The van der Waals surface area contributed by atoms with Crippen molar-refractivity contribution in [2.45, 2.75) is 39.0 Å². The van der Waals surface area contributed by atoms with Crippen molar-refractivity contribution in [1.82, 2.24) is 0 Å². The predicted molar refractivity (Wildman–Crippen MR) is 90.7 cm³/mol. The van der Waals surface area contributed by atoms with Crippen LogP contribution in [-0.2, 0) is 19.7 Å². The molecule has 0 unspecified atom stereocenters. The lowest BCUT2D eigenvalue weighted by Crippen LogP contribution is -2.11. The fraction of sp³-hybridized carbons (Fsp3) is 0.600. The average Bonchev–Trinajstić information content (AvgIpc) is 2.33. The standard InChI is InChI=1S/C15H22Cl2O4S/c1-15(2,3)11-9-12(16)14(13(17)10-11)20-7-5-6-8-21-22(4,18)19/h9-10H,5-8H2,1-4H3. The Labute approximate surface area is 142 Å². The van der Waals surface area contributed by atoms with Crippen LogP contribution in [-0.4, -0.2) is 27.9 Å². The first-order valence-corrected chi connectivity index (χ1v) is 9.54. The van der Waals surface area contributed by atoms with Gasteiger partial charge in [-0.2, -0.15) is 8.42 Å². The maximum Gasteiger partial charge on any atom is 0.264 e. The average molecular weight is 369 g/mol. The molecule has 0 bridgehead atoms. The molecule has 0 fully saturated rings. The molecule has 1 aromatic carbocycles. The summed E-state index contributed by atoms with van der Waals surface area (Å²) in [6.45, 7) is 6.78. The molecule has 0 amide bonds. The highest BCUT2D eigenvalue weighted by molar-refractivity contribution is 7.85. The SMILES string of the molecule is CC(C)(C)c1cc(Cl)c(OCCCCOS(C)(=O)=O)c(Cl)c1. The van der Waals surface area contributed by atoms with E-state index in [4.69, 9.17) is 27.9 Å². The van der Waals surface area contributed by atoms with Gasteiger partial charge in [-0.05, 0) is 36.0 Å². The van der Waals surface area contributed by atoms with E-state index in [-0.39, 0.29) is 12.0 Å². The van der Waals surface area contributed by atoms with Gasteiger partial charge in [-0.3, -0.25) is 4.18 Å². The summed E-state index contributed by atoms with van der Waals surface area (Å²) in [5, 5.41) is 0.953. The lowest BCUT2D eigenvalue weighted by Gasteiger charge is -2.21. The quantitative estimate of drug-likeness (QED) is 0.527. The lowest BCUT2D eigenvalue weighted by atomic mass is 9.87. The van der Waals surface area contributed by atoms with Crippen molar-refractivity contribution in [3.05, 3.63) is 27.7 Å². The van der Waals surface area contributed by atoms with Crippen LogP contribution in [0.4, 0.5) is 0 Å². The zero-order valence-electron chi connectivity index (χ0n) is 13.3. The second-order valence-electron chi connectivity index (χ2n) is 6.10. The van der Waals surface area contributed by atoms with Crippen LogP contribution >= 0.6 is 23.2 Å². The first-order valence-electron chi connectivity index (χ1n) is 6.97. The van der Waals surface area contributed by atoms with E-state index in [0.717, 1.165) is 11.8 Å². The van der Waals surface area contributed by atoms with Gasteiger partial charge < -0.3 is 4.74 Å². The van der Waals surface area contributed by atoms with Crippen molar-refractivity contribution in [2.75, 3.05) is 19.5 Å². The highest BCUT2D eigenvalue weighted by Crippen LogP contribution is 2.37. The van der Waals surface area contributed by atoms with E-state index in [0.29, 0.717) is 35.2 Å². The minimum Gasteiger partial charge on any atom is -0.490 e. The summed E-state index contributed by atoms with van der Waals surface area (Å²) in [4.78, 5) is 0. The van der Waals surface area contributed by atoms with Crippen LogP contribution in [0.3, 0.4) is 0 Å². The summed E-state index contributed by atoms with van der Waals surface area (Å²) in [5.74, 6) is 0.459.